The van der Waals surface area contributed by atoms with E-state index in [0.717, 1.165) is 29.2 Å². The molecule has 0 aromatic heterocycles. The Balaban J connectivity index is 2.09. The quantitative estimate of drug-likeness (QED) is 0.433. The maximum atomic E-state index is 11.2. The summed E-state index contributed by atoms with van der Waals surface area (Å²) in [6.07, 6.45) is 1.86. The van der Waals surface area contributed by atoms with E-state index in [9.17, 15) is 9.90 Å². The minimum absolute atomic E-state index is 0.0262. The summed E-state index contributed by atoms with van der Waals surface area (Å²) < 4.78 is 5.03. The molecule has 3 nitrogen and oxygen atoms in total. The van der Waals surface area contributed by atoms with Gasteiger partial charge in [0.1, 0.15) is 0 Å². The maximum absolute atomic E-state index is 11.2. The van der Waals surface area contributed by atoms with E-state index in [-0.39, 0.29) is 11.5 Å². The molecule has 0 bridgehead atoms. The lowest BCUT2D eigenvalue weighted by atomic mass is 10.1. The van der Waals surface area contributed by atoms with E-state index in [1.165, 1.54) is 5.56 Å². The van der Waals surface area contributed by atoms with Crippen LogP contribution in [0.4, 0.5) is 0 Å². The average molecular weight is 252 g/mol. The zero-order valence-electron chi connectivity index (χ0n) is 10.2. The van der Waals surface area contributed by atoms with Gasteiger partial charge in [0.25, 0.3) is 0 Å². The molecule has 19 heavy (non-hydrogen) atoms. The molecule has 0 fully saturated rings. The molecule has 2 aromatic carbocycles. The van der Waals surface area contributed by atoms with Crippen molar-refractivity contribution in [2.45, 2.75) is 6.42 Å². The molecular weight excluding hydrogens is 240 g/mol. The summed E-state index contributed by atoms with van der Waals surface area (Å²) in [6.45, 7) is 3.34. The highest BCUT2D eigenvalue weighted by molar-refractivity contribution is 5.85. The Morgan fingerprint density at radius 2 is 2.00 bits per heavy atom. The van der Waals surface area contributed by atoms with E-state index in [1.54, 1.807) is 12.1 Å². The maximum Gasteiger partial charge on any atom is 0.335 e. The summed E-state index contributed by atoms with van der Waals surface area (Å²) in [5.41, 5.74) is 4.37. The number of hydrogen-bond acceptors (Lipinski definition) is 3. The summed E-state index contributed by atoms with van der Waals surface area (Å²) in [4.78, 5) is 11.2. The van der Waals surface area contributed by atoms with Crippen LogP contribution < -0.4 is 4.74 Å². The molecule has 0 aliphatic heterocycles. The fourth-order valence-electron chi connectivity index (χ4n) is 2.38. The Kier molecular flexibility index (Phi) is 2.60. The van der Waals surface area contributed by atoms with Crippen molar-refractivity contribution in [1.82, 2.24) is 0 Å². The van der Waals surface area contributed by atoms with E-state index in [4.69, 9.17) is 4.74 Å². The van der Waals surface area contributed by atoms with Crippen LogP contribution in [0.3, 0.4) is 0 Å². The number of phenols is 1. The lowest BCUT2D eigenvalue weighted by Gasteiger charge is -2.08. The number of rotatable bonds is 2. The van der Waals surface area contributed by atoms with Crippen molar-refractivity contribution < 1.29 is 14.6 Å². The summed E-state index contributed by atoms with van der Waals surface area (Å²) in [7, 11) is 0. The van der Waals surface area contributed by atoms with Crippen LogP contribution >= 0.6 is 0 Å². The van der Waals surface area contributed by atoms with Gasteiger partial charge >= 0.3 is 5.97 Å². The van der Waals surface area contributed by atoms with Crippen LogP contribution in [0.15, 0.2) is 49.1 Å². The van der Waals surface area contributed by atoms with Gasteiger partial charge < -0.3 is 9.84 Å². The summed E-state index contributed by atoms with van der Waals surface area (Å²) in [6, 6.07) is 11.4. The zero-order valence-corrected chi connectivity index (χ0v) is 10.2. The Labute approximate surface area is 110 Å². The van der Waals surface area contributed by atoms with Crippen molar-refractivity contribution in [3.8, 4) is 22.6 Å². The van der Waals surface area contributed by atoms with E-state index >= 15 is 0 Å². The number of ether oxygens (including phenoxy) is 1. The second-order valence-electron chi connectivity index (χ2n) is 4.44. The first-order valence-electron chi connectivity index (χ1n) is 5.97. The molecule has 0 saturated heterocycles. The first kappa shape index (κ1) is 11.5. The minimum Gasteiger partial charge on any atom is -0.504 e. The number of phenolic OH excluding ortho intramolecular Hbond substituents is 1. The second kappa shape index (κ2) is 4.28. The predicted octanol–water partition coefficient (Wildman–Crippen LogP) is 3.05. The number of fused-ring (bicyclic) bond motifs is 3. The Morgan fingerprint density at radius 3 is 2.79 bits per heavy atom. The number of carbonyl (C=O) groups excluding carboxylic acids is 1. The van der Waals surface area contributed by atoms with Crippen molar-refractivity contribution >= 4 is 5.97 Å². The van der Waals surface area contributed by atoms with E-state index in [0.29, 0.717) is 0 Å². The normalized spacial score (nSPS) is 11.6. The minimum atomic E-state index is -0.582. The molecule has 0 radical (unpaired) electrons. The molecule has 0 amide bonds. The van der Waals surface area contributed by atoms with Gasteiger partial charge in [-0.25, -0.2) is 4.79 Å². The monoisotopic (exact) mass is 252 g/mol. The van der Waals surface area contributed by atoms with Crippen molar-refractivity contribution in [2.24, 2.45) is 0 Å². The molecular formula is C16H12O3. The van der Waals surface area contributed by atoms with Crippen LogP contribution in [0.1, 0.15) is 11.1 Å². The van der Waals surface area contributed by atoms with E-state index in [1.807, 2.05) is 18.2 Å². The van der Waals surface area contributed by atoms with Gasteiger partial charge in [-0.2, -0.15) is 0 Å². The van der Waals surface area contributed by atoms with Crippen LogP contribution in [0.2, 0.25) is 0 Å². The fraction of sp³-hybridized carbons (Fsp3) is 0.0625. The van der Waals surface area contributed by atoms with Gasteiger partial charge in [0, 0.05) is 6.08 Å². The topological polar surface area (TPSA) is 46.5 Å². The molecule has 0 heterocycles. The third-order valence-electron chi connectivity index (χ3n) is 3.25. The Bertz CT molecular complexity index is 686. The Morgan fingerprint density at radius 1 is 1.21 bits per heavy atom. The van der Waals surface area contributed by atoms with Crippen LogP contribution in [0.5, 0.6) is 11.5 Å². The number of esters is 1. The zero-order chi connectivity index (χ0) is 13.4. The SMILES string of the molecule is C=CC(=O)Oc1cc2c(cc1O)Cc1ccccc1-2. The van der Waals surface area contributed by atoms with Crippen molar-refractivity contribution in [2.75, 3.05) is 0 Å². The third kappa shape index (κ3) is 1.89. The smallest absolute Gasteiger partial charge is 0.335 e. The van der Waals surface area contributed by atoms with Crippen LogP contribution in [0, 0.1) is 0 Å². The second-order valence-corrected chi connectivity index (χ2v) is 4.44. The highest BCUT2D eigenvalue weighted by Gasteiger charge is 2.21. The van der Waals surface area contributed by atoms with Gasteiger partial charge in [-0.3, -0.25) is 0 Å². The fourth-order valence-corrected chi connectivity index (χ4v) is 2.38. The molecule has 0 unspecified atom stereocenters. The highest BCUT2D eigenvalue weighted by atomic mass is 16.5. The molecule has 0 saturated carbocycles. The Hall–Kier alpha value is -2.55. The van der Waals surface area contributed by atoms with Gasteiger partial charge in [-0.05, 0) is 40.8 Å². The van der Waals surface area contributed by atoms with Crippen molar-refractivity contribution in [3.63, 3.8) is 0 Å². The summed E-state index contributed by atoms with van der Waals surface area (Å²) in [5, 5.41) is 9.89. The molecule has 1 aliphatic rings. The lowest BCUT2D eigenvalue weighted by Crippen LogP contribution is -2.03. The standard InChI is InChI=1S/C16H12O3/c1-2-16(18)19-15-9-13-11(8-14(15)17)7-10-5-3-4-6-12(10)13/h2-6,8-9,17H,1,7H2. The molecule has 0 spiro atoms. The van der Waals surface area contributed by atoms with E-state index in [2.05, 4.69) is 12.6 Å². The number of aromatic hydroxyl groups is 1. The van der Waals surface area contributed by atoms with Gasteiger partial charge in [0.15, 0.2) is 11.5 Å². The van der Waals surface area contributed by atoms with Gasteiger partial charge in [0.05, 0.1) is 0 Å². The summed E-state index contributed by atoms with van der Waals surface area (Å²) in [5.74, 6) is -0.441. The third-order valence-corrected chi connectivity index (χ3v) is 3.25. The van der Waals surface area contributed by atoms with Gasteiger partial charge in [-0.1, -0.05) is 30.8 Å². The molecule has 3 heteroatoms. The van der Waals surface area contributed by atoms with Crippen molar-refractivity contribution in [3.05, 3.63) is 60.2 Å². The van der Waals surface area contributed by atoms with Crippen molar-refractivity contribution in [1.29, 1.82) is 0 Å². The number of hydrogen-bond donors (Lipinski definition) is 1. The van der Waals surface area contributed by atoms with Crippen LogP contribution in [0.25, 0.3) is 11.1 Å². The van der Waals surface area contributed by atoms with Crippen LogP contribution in [-0.4, -0.2) is 11.1 Å². The predicted molar refractivity (Wildman–Crippen MR) is 72.2 cm³/mol. The van der Waals surface area contributed by atoms with E-state index < -0.39 is 5.97 Å². The average Bonchev–Trinajstić information content (AvgIpc) is 2.76. The lowest BCUT2D eigenvalue weighted by molar-refractivity contribution is -0.129. The molecule has 3 rings (SSSR count). The molecule has 1 N–H and O–H groups in total. The largest absolute Gasteiger partial charge is 0.504 e. The molecule has 1 aliphatic carbocycles. The first-order chi connectivity index (χ1) is 9.19. The molecule has 0 atom stereocenters. The first-order valence-corrected chi connectivity index (χ1v) is 5.97. The molecule has 2 aromatic rings. The highest BCUT2D eigenvalue weighted by Crippen LogP contribution is 2.42. The van der Waals surface area contributed by atoms with Crippen LogP contribution in [-0.2, 0) is 11.2 Å². The summed E-state index contributed by atoms with van der Waals surface area (Å²) >= 11 is 0. The number of carbonyl (C=O) groups is 1. The molecule has 94 valence electrons. The van der Waals surface area contributed by atoms with Gasteiger partial charge in [0.2, 0.25) is 0 Å². The number of benzene rings is 2. The van der Waals surface area contributed by atoms with Gasteiger partial charge in [-0.15, -0.1) is 0 Å².